The molecule has 0 atom stereocenters. The van der Waals surface area contributed by atoms with Crippen LogP contribution in [0.4, 0.5) is 0 Å². The number of halogens is 4. The van der Waals surface area contributed by atoms with Crippen LogP contribution in [0, 0.1) is 0 Å². The van der Waals surface area contributed by atoms with Crippen molar-refractivity contribution in [3.8, 4) is 0 Å². The third kappa shape index (κ3) is 4.16. The molecular weight excluding hydrogens is 348 g/mol. The Balaban J connectivity index is 0. The maximum atomic E-state index is 10.7. The molecule has 4 nitrogen and oxygen atoms in total. The first-order chi connectivity index (χ1) is 7.29. The first kappa shape index (κ1) is 21.6. The topological polar surface area (TPSA) is 80.3 Å². The van der Waals surface area contributed by atoms with Crippen LogP contribution in [0.15, 0.2) is 0 Å². The molecule has 0 amide bonds. The van der Waals surface area contributed by atoms with E-state index >= 15 is 0 Å². The van der Waals surface area contributed by atoms with E-state index in [1.807, 2.05) is 0 Å². The molecule has 1 aromatic rings. The molecule has 0 saturated heterocycles. The molecule has 18 heavy (non-hydrogen) atoms. The Kier molecular flexibility index (Phi) is 10.3. The summed E-state index contributed by atoms with van der Waals surface area (Å²) in [4.78, 5) is 21.3. The van der Waals surface area contributed by atoms with Gasteiger partial charge in [-0.15, -0.1) is 0 Å². The van der Waals surface area contributed by atoms with Gasteiger partial charge in [-0.25, -0.2) is 0 Å². The van der Waals surface area contributed by atoms with E-state index < -0.39 is 43.2 Å². The number of rotatable bonds is 2. The SMILES string of the molecule is O=C([O-])c1c(Cl)c(Cl)c(C(=O)[O-])c(Cl)c1Cl.[Na+].[Na+]. The minimum Gasteiger partial charge on any atom is -0.545 e. The Morgan fingerprint density at radius 2 is 0.833 bits per heavy atom. The van der Waals surface area contributed by atoms with E-state index in [4.69, 9.17) is 46.4 Å². The molecule has 0 N–H and O–H groups in total. The molecule has 0 bridgehead atoms. The number of hydrogen-bond donors (Lipinski definition) is 0. The second-order valence-electron chi connectivity index (χ2n) is 2.58. The molecule has 0 spiro atoms. The van der Waals surface area contributed by atoms with E-state index in [1.54, 1.807) is 0 Å². The summed E-state index contributed by atoms with van der Waals surface area (Å²) in [5.74, 6) is -3.44. The monoisotopic (exact) mass is 346 g/mol. The number of aromatic carboxylic acids is 2. The number of benzene rings is 1. The molecule has 0 unspecified atom stereocenters. The molecule has 0 heterocycles. The van der Waals surface area contributed by atoms with Gasteiger partial charge in [0.25, 0.3) is 0 Å². The van der Waals surface area contributed by atoms with Gasteiger partial charge in [-0.05, 0) is 0 Å². The van der Waals surface area contributed by atoms with Crippen molar-refractivity contribution in [1.29, 1.82) is 0 Å². The van der Waals surface area contributed by atoms with Crippen LogP contribution in [-0.2, 0) is 0 Å². The van der Waals surface area contributed by atoms with Gasteiger partial charge in [-0.1, -0.05) is 46.4 Å². The van der Waals surface area contributed by atoms with E-state index in [0.717, 1.165) is 0 Å². The van der Waals surface area contributed by atoms with Gasteiger partial charge in [-0.2, -0.15) is 0 Å². The predicted molar refractivity (Wildman–Crippen MR) is 55.1 cm³/mol. The van der Waals surface area contributed by atoms with Crippen LogP contribution in [0.5, 0.6) is 0 Å². The number of carboxylic acid groups (broad SMARTS) is 2. The second kappa shape index (κ2) is 8.57. The fourth-order valence-corrected chi connectivity index (χ4v) is 2.15. The van der Waals surface area contributed by atoms with Gasteiger partial charge in [0.05, 0.1) is 32.0 Å². The summed E-state index contributed by atoms with van der Waals surface area (Å²) in [6, 6.07) is 0. The molecule has 86 valence electrons. The number of carbonyl (C=O) groups excluding carboxylic acids is 2. The van der Waals surface area contributed by atoms with Crippen molar-refractivity contribution >= 4 is 58.3 Å². The van der Waals surface area contributed by atoms with Crippen LogP contribution < -0.4 is 69.3 Å². The molecular formula is C8Cl4Na2O4. The minimum absolute atomic E-state index is 0. The van der Waals surface area contributed by atoms with Crippen molar-refractivity contribution in [2.45, 2.75) is 0 Å². The summed E-state index contributed by atoms with van der Waals surface area (Å²) >= 11 is 22.1. The van der Waals surface area contributed by atoms with Gasteiger partial charge >= 0.3 is 59.1 Å². The van der Waals surface area contributed by atoms with Crippen molar-refractivity contribution in [3.63, 3.8) is 0 Å². The van der Waals surface area contributed by atoms with E-state index in [2.05, 4.69) is 0 Å². The fraction of sp³-hybridized carbons (Fsp3) is 0. The number of carboxylic acids is 2. The summed E-state index contributed by atoms with van der Waals surface area (Å²) in [6.45, 7) is 0. The maximum Gasteiger partial charge on any atom is 1.00 e. The van der Waals surface area contributed by atoms with Crippen LogP contribution in [0.1, 0.15) is 20.7 Å². The van der Waals surface area contributed by atoms with Crippen molar-refractivity contribution in [2.75, 3.05) is 0 Å². The first-order valence-electron chi connectivity index (χ1n) is 3.57. The molecule has 0 radical (unpaired) electrons. The van der Waals surface area contributed by atoms with Gasteiger partial charge in [-0.3, -0.25) is 0 Å². The first-order valence-corrected chi connectivity index (χ1v) is 5.08. The normalized spacial score (nSPS) is 9.11. The standard InChI is InChI=1S/C8H2Cl4O4.2Na/c9-3-1(7(13)14)4(10)6(12)2(5(3)11)8(15)16;;/h(H,13,14)(H,15,16);;/q;2*+1/p-2. The van der Waals surface area contributed by atoms with Crippen molar-refractivity contribution in [1.82, 2.24) is 0 Å². The smallest absolute Gasteiger partial charge is 0.545 e. The molecule has 1 aromatic carbocycles. The molecule has 10 heteroatoms. The van der Waals surface area contributed by atoms with E-state index in [1.165, 1.54) is 0 Å². The molecule has 0 aromatic heterocycles. The van der Waals surface area contributed by atoms with Crippen molar-refractivity contribution in [2.24, 2.45) is 0 Å². The quantitative estimate of drug-likeness (QED) is 0.396. The van der Waals surface area contributed by atoms with Gasteiger partial charge in [0.2, 0.25) is 0 Å². The summed E-state index contributed by atoms with van der Waals surface area (Å²) in [7, 11) is 0. The Morgan fingerprint density at radius 1 is 0.667 bits per heavy atom. The third-order valence-corrected chi connectivity index (χ3v) is 3.38. The van der Waals surface area contributed by atoms with Gasteiger partial charge in [0.1, 0.15) is 0 Å². The van der Waals surface area contributed by atoms with Crippen LogP contribution >= 0.6 is 46.4 Å². The molecule has 0 saturated carbocycles. The molecule has 0 aliphatic carbocycles. The summed E-state index contributed by atoms with van der Waals surface area (Å²) in [5, 5.41) is 19.1. The maximum absolute atomic E-state index is 10.7. The Hall–Kier alpha value is 1.32. The molecule has 0 aliphatic rings. The van der Waals surface area contributed by atoms with Crippen molar-refractivity contribution in [3.05, 3.63) is 31.2 Å². The fourth-order valence-electron chi connectivity index (χ4n) is 0.990. The van der Waals surface area contributed by atoms with Crippen LogP contribution in [0.25, 0.3) is 0 Å². The summed E-state index contributed by atoms with van der Waals surface area (Å²) in [6.07, 6.45) is 0. The Bertz CT molecular complexity index is 432. The largest absolute Gasteiger partial charge is 1.00 e. The van der Waals surface area contributed by atoms with E-state index in [-0.39, 0.29) is 59.1 Å². The Labute approximate surface area is 166 Å². The average molecular weight is 348 g/mol. The zero-order valence-electron chi connectivity index (χ0n) is 9.14. The van der Waals surface area contributed by atoms with Crippen molar-refractivity contribution < 1.29 is 78.9 Å². The van der Waals surface area contributed by atoms with E-state index in [0.29, 0.717) is 0 Å². The zero-order valence-corrected chi connectivity index (χ0v) is 16.2. The molecule has 1 rings (SSSR count). The molecule has 0 fully saturated rings. The van der Waals surface area contributed by atoms with Crippen LogP contribution in [-0.4, -0.2) is 11.9 Å². The van der Waals surface area contributed by atoms with Gasteiger partial charge in [0, 0.05) is 11.1 Å². The molecule has 0 aliphatic heterocycles. The number of hydrogen-bond acceptors (Lipinski definition) is 4. The third-order valence-electron chi connectivity index (χ3n) is 1.67. The van der Waals surface area contributed by atoms with Gasteiger partial charge in [0.15, 0.2) is 0 Å². The average Bonchev–Trinajstić information content (AvgIpc) is 2.14. The number of carbonyl (C=O) groups is 2. The Morgan fingerprint density at radius 3 is 0.944 bits per heavy atom. The summed E-state index contributed by atoms with van der Waals surface area (Å²) in [5.41, 5.74) is -1.33. The van der Waals surface area contributed by atoms with Gasteiger partial charge < -0.3 is 19.8 Å². The second-order valence-corrected chi connectivity index (χ2v) is 4.09. The van der Waals surface area contributed by atoms with Crippen LogP contribution in [0.3, 0.4) is 0 Å². The minimum atomic E-state index is -1.72. The van der Waals surface area contributed by atoms with Crippen LogP contribution in [0.2, 0.25) is 20.1 Å². The summed E-state index contributed by atoms with van der Waals surface area (Å²) < 4.78 is 0. The zero-order chi connectivity index (χ0) is 12.6. The van der Waals surface area contributed by atoms with E-state index in [9.17, 15) is 19.8 Å². The predicted octanol–water partition coefficient (Wildman–Crippen LogP) is -4.96.